The number of nitrogens with one attached hydrogen (secondary N) is 1. The smallest absolute Gasteiger partial charge is 0.231 e. The van der Waals surface area contributed by atoms with E-state index in [0.29, 0.717) is 35.5 Å². The molecule has 0 fully saturated rings. The summed E-state index contributed by atoms with van der Waals surface area (Å²) >= 11 is 5.97. The molecule has 0 unspecified atom stereocenters. The highest BCUT2D eigenvalue weighted by atomic mass is 35.5. The van der Waals surface area contributed by atoms with E-state index in [2.05, 4.69) is 15.5 Å². The average Bonchev–Trinajstić information content (AvgIpc) is 3.33. The Bertz CT molecular complexity index is 973. The van der Waals surface area contributed by atoms with Crippen LogP contribution < -0.4 is 14.8 Å². The second-order valence-electron chi connectivity index (χ2n) is 5.99. The standard InChI is InChI=1S/C19H16ClN3O4/c20-14-3-1-2-13(9-14)19-22-18(27-23-19)7-6-17(24)21-10-12-4-5-15-16(8-12)26-11-25-15/h1-5,8-9H,6-7,10-11H2,(H,21,24). The molecule has 0 saturated carbocycles. The molecular formula is C19H16ClN3O4. The van der Waals surface area contributed by atoms with Crippen molar-refractivity contribution < 1.29 is 18.8 Å². The fourth-order valence-electron chi connectivity index (χ4n) is 2.66. The van der Waals surface area contributed by atoms with E-state index >= 15 is 0 Å². The maximum absolute atomic E-state index is 12.1. The monoisotopic (exact) mass is 385 g/mol. The van der Waals surface area contributed by atoms with E-state index in [1.807, 2.05) is 30.3 Å². The minimum atomic E-state index is -0.102. The summed E-state index contributed by atoms with van der Waals surface area (Å²) in [4.78, 5) is 16.4. The van der Waals surface area contributed by atoms with Crippen molar-refractivity contribution in [2.45, 2.75) is 19.4 Å². The normalized spacial score (nSPS) is 12.2. The number of carbonyl (C=O) groups excluding carboxylic acids is 1. The summed E-state index contributed by atoms with van der Waals surface area (Å²) < 4.78 is 15.8. The SMILES string of the molecule is O=C(CCc1nc(-c2cccc(Cl)c2)no1)NCc1ccc2c(c1)OCO2. The Hall–Kier alpha value is -3.06. The summed E-state index contributed by atoms with van der Waals surface area (Å²) in [5, 5.41) is 7.39. The Kier molecular flexibility index (Phi) is 4.93. The Morgan fingerprint density at radius 2 is 2.04 bits per heavy atom. The molecule has 3 aromatic rings. The van der Waals surface area contributed by atoms with Gasteiger partial charge >= 0.3 is 0 Å². The van der Waals surface area contributed by atoms with Crippen LogP contribution in [0.1, 0.15) is 17.9 Å². The maximum Gasteiger partial charge on any atom is 0.231 e. The number of halogens is 1. The highest BCUT2D eigenvalue weighted by Gasteiger charge is 2.14. The predicted octanol–water partition coefficient (Wildman–Crippen LogP) is 3.37. The van der Waals surface area contributed by atoms with Crippen LogP contribution in [0.3, 0.4) is 0 Å². The lowest BCUT2D eigenvalue weighted by Crippen LogP contribution is -2.23. The number of fused-ring (bicyclic) bond motifs is 1. The van der Waals surface area contributed by atoms with Crippen LogP contribution in [-0.2, 0) is 17.8 Å². The number of carbonyl (C=O) groups is 1. The van der Waals surface area contributed by atoms with Gasteiger partial charge < -0.3 is 19.3 Å². The zero-order valence-electron chi connectivity index (χ0n) is 14.3. The molecule has 1 amide bonds. The van der Waals surface area contributed by atoms with Gasteiger partial charge in [0.15, 0.2) is 11.5 Å². The quantitative estimate of drug-likeness (QED) is 0.700. The molecule has 138 valence electrons. The number of amides is 1. The predicted molar refractivity (Wildman–Crippen MR) is 97.5 cm³/mol. The first-order chi connectivity index (χ1) is 13.2. The first-order valence-electron chi connectivity index (χ1n) is 8.41. The van der Waals surface area contributed by atoms with E-state index in [4.69, 9.17) is 25.6 Å². The van der Waals surface area contributed by atoms with Crippen molar-refractivity contribution in [3.63, 3.8) is 0 Å². The summed E-state index contributed by atoms with van der Waals surface area (Å²) in [6.45, 7) is 0.638. The third-order valence-corrected chi connectivity index (χ3v) is 4.28. The Morgan fingerprint density at radius 1 is 1.15 bits per heavy atom. The van der Waals surface area contributed by atoms with Crippen LogP contribution in [0.5, 0.6) is 11.5 Å². The fraction of sp³-hybridized carbons (Fsp3) is 0.211. The summed E-state index contributed by atoms with van der Waals surface area (Å²) in [6, 6.07) is 12.8. The highest BCUT2D eigenvalue weighted by molar-refractivity contribution is 6.30. The molecule has 7 nitrogen and oxygen atoms in total. The van der Waals surface area contributed by atoms with Crippen molar-refractivity contribution in [1.29, 1.82) is 0 Å². The van der Waals surface area contributed by atoms with Gasteiger partial charge in [-0.15, -0.1) is 0 Å². The van der Waals surface area contributed by atoms with E-state index in [1.165, 1.54) is 0 Å². The van der Waals surface area contributed by atoms with Crippen LogP contribution in [0.2, 0.25) is 5.02 Å². The van der Waals surface area contributed by atoms with E-state index < -0.39 is 0 Å². The molecule has 1 aliphatic rings. The molecule has 8 heteroatoms. The van der Waals surface area contributed by atoms with Gasteiger partial charge in [-0.3, -0.25) is 4.79 Å². The molecular weight excluding hydrogens is 370 g/mol. The zero-order chi connectivity index (χ0) is 18.6. The van der Waals surface area contributed by atoms with E-state index in [-0.39, 0.29) is 19.1 Å². The molecule has 0 spiro atoms. The minimum absolute atomic E-state index is 0.102. The number of ether oxygens (including phenoxy) is 2. The zero-order valence-corrected chi connectivity index (χ0v) is 15.0. The van der Waals surface area contributed by atoms with Crippen LogP contribution in [0.15, 0.2) is 47.0 Å². The number of hydrogen-bond donors (Lipinski definition) is 1. The number of benzene rings is 2. The van der Waals surface area contributed by atoms with Gasteiger partial charge in [-0.2, -0.15) is 4.98 Å². The molecule has 4 rings (SSSR count). The Balaban J connectivity index is 1.28. The van der Waals surface area contributed by atoms with Gasteiger partial charge in [0.2, 0.25) is 24.4 Å². The topological polar surface area (TPSA) is 86.5 Å². The summed E-state index contributed by atoms with van der Waals surface area (Å²) in [7, 11) is 0. The first-order valence-corrected chi connectivity index (χ1v) is 8.79. The number of hydrogen-bond acceptors (Lipinski definition) is 6. The Labute approximate surface area is 160 Å². The molecule has 1 aliphatic heterocycles. The number of rotatable bonds is 6. The van der Waals surface area contributed by atoms with E-state index in [0.717, 1.165) is 16.9 Å². The summed E-state index contributed by atoms with van der Waals surface area (Å²) in [5.41, 5.74) is 1.71. The molecule has 0 atom stereocenters. The molecule has 2 heterocycles. The van der Waals surface area contributed by atoms with Crippen molar-refractivity contribution in [3.05, 3.63) is 58.9 Å². The van der Waals surface area contributed by atoms with E-state index in [1.54, 1.807) is 12.1 Å². The molecule has 0 bridgehead atoms. The summed E-state index contributed by atoms with van der Waals surface area (Å²) in [6.07, 6.45) is 0.613. The van der Waals surface area contributed by atoms with Crippen molar-refractivity contribution in [3.8, 4) is 22.9 Å². The van der Waals surface area contributed by atoms with Crippen LogP contribution in [0.25, 0.3) is 11.4 Å². The van der Waals surface area contributed by atoms with Crippen molar-refractivity contribution in [1.82, 2.24) is 15.5 Å². The highest BCUT2D eigenvalue weighted by Crippen LogP contribution is 2.32. The molecule has 0 radical (unpaired) electrons. The number of nitrogens with zero attached hydrogens (tertiary/aromatic N) is 2. The van der Waals surface area contributed by atoms with Crippen molar-refractivity contribution >= 4 is 17.5 Å². The average molecular weight is 386 g/mol. The van der Waals surface area contributed by atoms with Gasteiger partial charge in [0.25, 0.3) is 0 Å². The van der Waals surface area contributed by atoms with Crippen molar-refractivity contribution in [2.75, 3.05) is 6.79 Å². The van der Waals surface area contributed by atoms with Crippen molar-refractivity contribution in [2.24, 2.45) is 0 Å². The first kappa shape index (κ1) is 17.4. The minimum Gasteiger partial charge on any atom is -0.454 e. The molecule has 1 aromatic heterocycles. The van der Waals surface area contributed by atoms with Gasteiger partial charge in [0, 0.05) is 30.0 Å². The summed E-state index contributed by atoms with van der Waals surface area (Å²) in [5.74, 6) is 2.17. The lowest BCUT2D eigenvalue weighted by Gasteiger charge is -2.05. The largest absolute Gasteiger partial charge is 0.454 e. The van der Waals surface area contributed by atoms with E-state index in [9.17, 15) is 4.79 Å². The molecule has 2 aromatic carbocycles. The third-order valence-electron chi connectivity index (χ3n) is 4.04. The third kappa shape index (κ3) is 4.20. The van der Waals surface area contributed by atoms with Crippen LogP contribution in [0.4, 0.5) is 0 Å². The lowest BCUT2D eigenvalue weighted by atomic mass is 10.2. The van der Waals surface area contributed by atoms with Gasteiger partial charge in [0.05, 0.1) is 0 Å². The van der Waals surface area contributed by atoms with Gasteiger partial charge in [0.1, 0.15) is 0 Å². The van der Waals surface area contributed by atoms with Gasteiger partial charge in [-0.1, -0.05) is 35.0 Å². The Morgan fingerprint density at radius 3 is 2.93 bits per heavy atom. The van der Waals surface area contributed by atoms with Crippen LogP contribution in [0, 0.1) is 0 Å². The number of aryl methyl sites for hydroxylation is 1. The molecule has 0 aliphatic carbocycles. The second-order valence-corrected chi connectivity index (χ2v) is 6.42. The number of aromatic nitrogens is 2. The van der Waals surface area contributed by atoms with Gasteiger partial charge in [-0.05, 0) is 29.8 Å². The second kappa shape index (κ2) is 7.67. The molecule has 1 N–H and O–H groups in total. The van der Waals surface area contributed by atoms with Crippen LogP contribution in [-0.4, -0.2) is 22.8 Å². The van der Waals surface area contributed by atoms with Gasteiger partial charge in [-0.25, -0.2) is 0 Å². The maximum atomic E-state index is 12.1. The fourth-order valence-corrected chi connectivity index (χ4v) is 2.85. The molecule has 0 saturated heterocycles. The molecule has 27 heavy (non-hydrogen) atoms. The lowest BCUT2D eigenvalue weighted by molar-refractivity contribution is -0.121. The van der Waals surface area contributed by atoms with Crippen LogP contribution >= 0.6 is 11.6 Å².